The third-order valence-electron chi connectivity index (χ3n) is 4.16. The smallest absolute Gasteiger partial charge is 0.238 e. The van der Waals surface area contributed by atoms with Crippen LogP contribution >= 0.6 is 0 Å². The zero-order valence-electron chi connectivity index (χ0n) is 15.6. The molecule has 2 rings (SSSR count). The summed E-state index contributed by atoms with van der Waals surface area (Å²) in [6.45, 7) is 8.10. The lowest BCUT2D eigenvalue weighted by Gasteiger charge is -2.23. The fourth-order valence-corrected chi connectivity index (χ4v) is 2.91. The zero-order chi connectivity index (χ0) is 18.2. The SMILES string of the molecule is CCCN(CC(=O)Nc1ccccc1C)Cc1cc(C)ccc1OC. The number of anilines is 1. The van der Waals surface area contributed by atoms with Crippen LogP contribution < -0.4 is 10.1 Å². The van der Waals surface area contributed by atoms with E-state index in [-0.39, 0.29) is 5.91 Å². The Bertz CT molecular complexity index is 713. The molecule has 0 spiro atoms. The summed E-state index contributed by atoms with van der Waals surface area (Å²) in [5, 5.41) is 3.01. The van der Waals surface area contributed by atoms with Crippen LogP contribution in [-0.2, 0) is 11.3 Å². The highest BCUT2D eigenvalue weighted by atomic mass is 16.5. The van der Waals surface area contributed by atoms with E-state index in [0.717, 1.165) is 35.5 Å². The van der Waals surface area contributed by atoms with Gasteiger partial charge in [-0.25, -0.2) is 0 Å². The van der Waals surface area contributed by atoms with E-state index in [1.165, 1.54) is 5.56 Å². The molecule has 4 heteroatoms. The predicted octanol–water partition coefficient (Wildman–Crippen LogP) is 4.16. The first-order valence-corrected chi connectivity index (χ1v) is 8.74. The minimum atomic E-state index is 0.00868. The molecule has 0 aliphatic heterocycles. The fraction of sp³-hybridized carbons (Fsp3) is 0.381. The van der Waals surface area contributed by atoms with E-state index in [1.54, 1.807) is 7.11 Å². The molecule has 4 nitrogen and oxygen atoms in total. The van der Waals surface area contributed by atoms with Crippen LogP contribution in [0, 0.1) is 13.8 Å². The summed E-state index contributed by atoms with van der Waals surface area (Å²) in [4.78, 5) is 14.6. The molecule has 0 heterocycles. The van der Waals surface area contributed by atoms with Crippen LogP contribution in [0.15, 0.2) is 42.5 Å². The van der Waals surface area contributed by atoms with Crippen molar-refractivity contribution < 1.29 is 9.53 Å². The largest absolute Gasteiger partial charge is 0.496 e. The van der Waals surface area contributed by atoms with E-state index in [4.69, 9.17) is 4.74 Å². The normalized spacial score (nSPS) is 10.8. The maximum atomic E-state index is 12.5. The van der Waals surface area contributed by atoms with E-state index in [1.807, 2.05) is 43.3 Å². The van der Waals surface area contributed by atoms with Gasteiger partial charge in [0.15, 0.2) is 0 Å². The number of carbonyl (C=O) groups is 1. The van der Waals surface area contributed by atoms with Crippen LogP contribution in [0.1, 0.15) is 30.0 Å². The number of methoxy groups -OCH3 is 1. The molecule has 0 unspecified atom stereocenters. The van der Waals surface area contributed by atoms with E-state index >= 15 is 0 Å². The van der Waals surface area contributed by atoms with Crippen molar-refractivity contribution in [2.24, 2.45) is 0 Å². The number of hydrogen-bond donors (Lipinski definition) is 1. The number of carbonyl (C=O) groups excluding carboxylic acids is 1. The van der Waals surface area contributed by atoms with Gasteiger partial charge in [0.1, 0.15) is 5.75 Å². The Kier molecular flexibility index (Phi) is 7.02. The third kappa shape index (κ3) is 5.61. The number of rotatable bonds is 8. The number of aryl methyl sites for hydroxylation is 2. The molecule has 0 saturated heterocycles. The quantitative estimate of drug-likeness (QED) is 0.784. The van der Waals surface area contributed by atoms with E-state index < -0.39 is 0 Å². The fourth-order valence-electron chi connectivity index (χ4n) is 2.91. The Hall–Kier alpha value is -2.33. The monoisotopic (exact) mass is 340 g/mol. The molecule has 2 aromatic rings. The van der Waals surface area contributed by atoms with Crippen molar-refractivity contribution in [3.63, 3.8) is 0 Å². The summed E-state index contributed by atoms with van der Waals surface area (Å²) < 4.78 is 5.47. The number of amides is 1. The molecular weight excluding hydrogens is 312 g/mol. The van der Waals surface area contributed by atoms with Gasteiger partial charge in [-0.15, -0.1) is 0 Å². The number of benzene rings is 2. The minimum Gasteiger partial charge on any atom is -0.496 e. The molecule has 1 amide bonds. The van der Waals surface area contributed by atoms with Gasteiger partial charge >= 0.3 is 0 Å². The van der Waals surface area contributed by atoms with E-state index in [0.29, 0.717) is 13.1 Å². The Morgan fingerprint density at radius 1 is 1.16 bits per heavy atom. The van der Waals surface area contributed by atoms with Gasteiger partial charge in [0.25, 0.3) is 0 Å². The predicted molar refractivity (Wildman–Crippen MR) is 103 cm³/mol. The van der Waals surface area contributed by atoms with Crippen molar-refractivity contribution in [3.8, 4) is 5.75 Å². The minimum absolute atomic E-state index is 0.00868. The molecule has 134 valence electrons. The van der Waals surface area contributed by atoms with Gasteiger partial charge in [-0.05, 0) is 44.5 Å². The maximum absolute atomic E-state index is 12.5. The molecule has 0 aliphatic carbocycles. The first-order valence-electron chi connectivity index (χ1n) is 8.74. The topological polar surface area (TPSA) is 41.6 Å². The van der Waals surface area contributed by atoms with Crippen molar-refractivity contribution in [1.82, 2.24) is 4.90 Å². The van der Waals surface area contributed by atoms with E-state index in [9.17, 15) is 4.79 Å². The first-order chi connectivity index (χ1) is 12.0. The standard InChI is InChI=1S/C21H28N2O2/c1-5-12-23(14-18-13-16(2)10-11-20(18)25-4)15-21(24)22-19-9-7-6-8-17(19)3/h6-11,13H,5,12,14-15H2,1-4H3,(H,22,24). The molecule has 25 heavy (non-hydrogen) atoms. The second-order valence-electron chi connectivity index (χ2n) is 6.39. The first kappa shape index (κ1) is 19.0. The third-order valence-corrected chi connectivity index (χ3v) is 4.16. The second kappa shape index (κ2) is 9.23. The zero-order valence-corrected chi connectivity index (χ0v) is 15.6. The lowest BCUT2D eigenvalue weighted by Crippen LogP contribution is -2.33. The number of ether oxygens (including phenoxy) is 1. The van der Waals surface area contributed by atoms with Crippen LogP contribution in [-0.4, -0.2) is 31.0 Å². The maximum Gasteiger partial charge on any atom is 0.238 e. The molecular formula is C21H28N2O2. The number of nitrogens with one attached hydrogen (secondary N) is 1. The second-order valence-corrected chi connectivity index (χ2v) is 6.39. The highest BCUT2D eigenvalue weighted by molar-refractivity contribution is 5.92. The molecule has 0 saturated carbocycles. The Labute approximate surface area is 150 Å². The molecule has 0 fully saturated rings. The van der Waals surface area contributed by atoms with Gasteiger partial charge in [-0.1, -0.05) is 42.8 Å². The molecule has 0 aliphatic rings. The van der Waals surface area contributed by atoms with Crippen molar-refractivity contribution in [1.29, 1.82) is 0 Å². The summed E-state index contributed by atoms with van der Waals surface area (Å²) in [5.41, 5.74) is 4.24. The van der Waals surface area contributed by atoms with Gasteiger partial charge in [0.2, 0.25) is 5.91 Å². The number of nitrogens with zero attached hydrogens (tertiary/aromatic N) is 1. The van der Waals surface area contributed by atoms with Gasteiger partial charge in [0.05, 0.1) is 13.7 Å². The number of hydrogen-bond acceptors (Lipinski definition) is 3. The molecule has 0 radical (unpaired) electrons. The molecule has 0 atom stereocenters. The van der Waals surface area contributed by atoms with Gasteiger partial charge in [-0.2, -0.15) is 0 Å². The summed E-state index contributed by atoms with van der Waals surface area (Å²) >= 11 is 0. The van der Waals surface area contributed by atoms with Crippen molar-refractivity contribution in [3.05, 3.63) is 59.2 Å². The van der Waals surface area contributed by atoms with Crippen LogP contribution in [0.25, 0.3) is 0 Å². The summed E-state index contributed by atoms with van der Waals surface area (Å²) in [6.07, 6.45) is 0.992. The molecule has 2 aromatic carbocycles. The Morgan fingerprint density at radius 2 is 1.92 bits per heavy atom. The number of para-hydroxylation sites is 1. The van der Waals surface area contributed by atoms with Crippen LogP contribution in [0.2, 0.25) is 0 Å². The Morgan fingerprint density at radius 3 is 2.60 bits per heavy atom. The summed E-state index contributed by atoms with van der Waals surface area (Å²) in [6, 6.07) is 14.0. The summed E-state index contributed by atoms with van der Waals surface area (Å²) in [7, 11) is 1.68. The summed E-state index contributed by atoms with van der Waals surface area (Å²) in [5.74, 6) is 0.875. The Balaban J connectivity index is 2.06. The lowest BCUT2D eigenvalue weighted by atomic mass is 10.1. The van der Waals surface area contributed by atoms with Gasteiger partial charge in [-0.3, -0.25) is 9.69 Å². The van der Waals surface area contributed by atoms with Crippen molar-refractivity contribution >= 4 is 11.6 Å². The molecule has 0 aromatic heterocycles. The van der Waals surface area contributed by atoms with Crippen LogP contribution in [0.4, 0.5) is 5.69 Å². The average molecular weight is 340 g/mol. The highest BCUT2D eigenvalue weighted by Crippen LogP contribution is 2.21. The van der Waals surface area contributed by atoms with Gasteiger partial charge in [0, 0.05) is 17.8 Å². The van der Waals surface area contributed by atoms with Crippen molar-refractivity contribution in [2.45, 2.75) is 33.7 Å². The average Bonchev–Trinajstić information content (AvgIpc) is 2.57. The van der Waals surface area contributed by atoms with Crippen molar-refractivity contribution in [2.75, 3.05) is 25.5 Å². The molecule has 1 N–H and O–H groups in total. The highest BCUT2D eigenvalue weighted by Gasteiger charge is 2.14. The lowest BCUT2D eigenvalue weighted by molar-refractivity contribution is -0.117. The van der Waals surface area contributed by atoms with E-state index in [2.05, 4.69) is 30.1 Å². The van der Waals surface area contributed by atoms with Gasteiger partial charge < -0.3 is 10.1 Å². The molecule has 0 bridgehead atoms. The van der Waals surface area contributed by atoms with Crippen LogP contribution in [0.3, 0.4) is 0 Å². The van der Waals surface area contributed by atoms with Crippen LogP contribution in [0.5, 0.6) is 5.75 Å².